The summed E-state index contributed by atoms with van der Waals surface area (Å²) < 4.78 is 38.5. The van der Waals surface area contributed by atoms with Crippen molar-refractivity contribution in [3.63, 3.8) is 0 Å². The fraction of sp³-hybridized carbons (Fsp3) is 0.375. The summed E-state index contributed by atoms with van der Waals surface area (Å²) in [6, 6.07) is 11.3. The van der Waals surface area contributed by atoms with Crippen LogP contribution in [0.15, 0.2) is 75.4 Å². The van der Waals surface area contributed by atoms with E-state index >= 15 is 0 Å². The number of hydrogen-bond acceptors (Lipinski definition) is 9. The van der Waals surface area contributed by atoms with E-state index in [1.165, 1.54) is 57.5 Å². The molecular formula is C32H43ClF2N8O2S. The fourth-order valence-electron chi connectivity index (χ4n) is 5.12. The topological polar surface area (TPSA) is 82.7 Å². The van der Waals surface area contributed by atoms with Crippen molar-refractivity contribution in [1.82, 2.24) is 29.4 Å². The minimum Gasteiger partial charge on any atom is -0.367 e. The molecule has 2 aromatic heterocycles. The van der Waals surface area contributed by atoms with Crippen LogP contribution >= 0.6 is 23.4 Å². The highest BCUT2D eigenvalue weighted by Gasteiger charge is 2.21. The summed E-state index contributed by atoms with van der Waals surface area (Å²) in [5.41, 5.74) is 2.02. The number of likely N-dealkylation sites (N-methyl/N-ethyl adjacent to an activating group) is 2. The molecule has 10 nitrogen and oxygen atoms in total. The van der Waals surface area contributed by atoms with Crippen LogP contribution in [0.4, 0.5) is 20.2 Å². The molecule has 0 radical (unpaired) electrons. The van der Waals surface area contributed by atoms with E-state index < -0.39 is 5.56 Å². The van der Waals surface area contributed by atoms with Crippen LogP contribution in [-0.4, -0.2) is 102 Å². The van der Waals surface area contributed by atoms with Crippen molar-refractivity contribution < 1.29 is 13.2 Å². The molecule has 2 fully saturated rings. The van der Waals surface area contributed by atoms with Crippen LogP contribution in [0.25, 0.3) is 11.4 Å². The maximum Gasteiger partial charge on any atom is 0.292 e. The molecule has 46 heavy (non-hydrogen) atoms. The van der Waals surface area contributed by atoms with Crippen LogP contribution < -0.4 is 20.9 Å². The summed E-state index contributed by atoms with van der Waals surface area (Å²) in [7, 11) is 4.15. The minimum absolute atomic E-state index is 0. The fourth-order valence-corrected chi connectivity index (χ4v) is 6.02. The van der Waals surface area contributed by atoms with Gasteiger partial charge in [-0.05, 0) is 68.9 Å². The number of benzene rings is 2. The summed E-state index contributed by atoms with van der Waals surface area (Å²) in [6.45, 7) is 7.13. The summed E-state index contributed by atoms with van der Waals surface area (Å²) >= 11 is 7.67. The molecule has 0 N–H and O–H groups in total. The summed E-state index contributed by atoms with van der Waals surface area (Å²) in [6.07, 6.45) is 5.23. The number of halogens is 3. The van der Waals surface area contributed by atoms with E-state index in [4.69, 9.17) is 14.6 Å². The van der Waals surface area contributed by atoms with E-state index in [9.17, 15) is 18.4 Å². The van der Waals surface area contributed by atoms with Gasteiger partial charge in [0.05, 0.1) is 40.0 Å². The molecule has 2 aliphatic rings. The number of rotatable bonds is 5. The summed E-state index contributed by atoms with van der Waals surface area (Å²) in [5, 5.41) is 8.61. The quantitative estimate of drug-likeness (QED) is 0.278. The van der Waals surface area contributed by atoms with E-state index in [-0.39, 0.29) is 31.1 Å². The molecule has 0 saturated carbocycles. The Morgan fingerprint density at radius 1 is 0.696 bits per heavy atom. The second-order valence-corrected chi connectivity index (χ2v) is 12.1. The van der Waals surface area contributed by atoms with Crippen molar-refractivity contribution in [1.29, 1.82) is 0 Å². The first kappa shape index (κ1) is 33.6. The standard InChI is InChI=1S/C16H19FN4OS.C15H16ClFN4O.CH4.2H2/c1-19-7-9-20(10-8-19)14-11-18-21(16(22)15(14)23-2)13-5-3-12(17)4-6-13;1-19-6-8-20(9-7-19)13-10-18-21(15(22)14(13)16)12-4-2-11(17)3-5-12;;;/h3-6,11H,7-10H2,1-2H3;2-5,10H,6-9H2,1H3;1H4;2*1H/i;;;1+1D;1+1. The van der Waals surface area contributed by atoms with Crippen LogP contribution in [-0.2, 0) is 0 Å². The highest BCUT2D eigenvalue weighted by atomic mass is 35.5. The van der Waals surface area contributed by atoms with Gasteiger partial charge in [-0.2, -0.15) is 19.6 Å². The predicted octanol–water partition coefficient (Wildman–Crippen LogP) is 4.75. The van der Waals surface area contributed by atoms with Crippen molar-refractivity contribution in [2.75, 3.05) is 82.5 Å². The van der Waals surface area contributed by atoms with Gasteiger partial charge < -0.3 is 19.6 Å². The zero-order chi connectivity index (χ0) is 34.1. The molecule has 4 heterocycles. The lowest BCUT2D eigenvalue weighted by atomic mass is 10.3. The Morgan fingerprint density at radius 2 is 1.09 bits per heavy atom. The van der Waals surface area contributed by atoms with Gasteiger partial charge in [-0.3, -0.25) is 9.59 Å². The zero-order valence-corrected chi connectivity index (χ0v) is 26.9. The van der Waals surface area contributed by atoms with Gasteiger partial charge >= 0.3 is 0 Å². The van der Waals surface area contributed by atoms with Gasteiger partial charge in [0.1, 0.15) is 16.7 Å². The minimum atomic E-state index is -0.398. The molecule has 0 unspecified atom stereocenters. The Hall–Kier alpha value is -3.78. The van der Waals surface area contributed by atoms with E-state index in [2.05, 4.69) is 43.9 Å². The van der Waals surface area contributed by atoms with Gasteiger partial charge in [-0.25, -0.2) is 8.78 Å². The highest BCUT2D eigenvalue weighted by molar-refractivity contribution is 7.98. The molecular weight excluding hydrogens is 634 g/mol. The highest BCUT2D eigenvalue weighted by Crippen LogP contribution is 2.26. The number of piperazine rings is 2. The molecule has 2 aromatic carbocycles. The summed E-state index contributed by atoms with van der Waals surface area (Å²) in [4.78, 5) is 34.6. The molecule has 2 aliphatic heterocycles. The number of aromatic nitrogens is 4. The molecule has 0 atom stereocenters. The average Bonchev–Trinajstić information content (AvgIpc) is 3.09. The Morgan fingerprint density at radius 3 is 1.52 bits per heavy atom. The Balaban J connectivity index is 0.000000312. The van der Waals surface area contributed by atoms with Crippen molar-refractivity contribution in [2.45, 2.75) is 12.3 Å². The van der Waals surface area contributed by atoms with Gasteiger partial charge in [0.2, 0.25) is 0 Å². The number of hydrogen-bond donors (Lipinski definition) is 0. The number of nitrogens with zero attached hydrogens (tertiary/aromatic N) is 8. The van der Waals surface area contributed by atoms with Crippen LogP contribution in [0.3, 0.4) is 0 Å². The maximum absolute atomic E-state index is 13.1. The van der Waals surface area contributed by atoms with E-state index in [1.807, 2.05) is 6.26 Å². The normalized spacial score (nSPS) is 15.8. The molecule has 250 valence electrons. The molecule has 6 rings (SSSR count). The van der Waals surface area contributed by atoms with Crippen molar-refractivity contribution in [3.8, 4) is 11.4 Å². The van der Waals surface area contributed by atoms with Gasteiger partial charge in [0.25, 0.3) is 11.1 Å². The lowest BCUT2D eigenvalue weighted by molar-refractivity contribution is 0.312. The first-order chi connectivity index (χ1) is 22.7. The van der Waals surface area contributed by atoms with Crippen molar-refractivity contribution in [3.05, 3.63) is 98.3 Å². The average molecular weight is 680 g/mol. The Kier molecular flexibility index (Phi) is 11.4. The molecule has 0 amide bonds. The van der Waals surface area contributed by atoms with Gasteiger partial charge in [0.15, 0.2) is 0 Å². The third-order valence-electron chi connectivity index (χ3n) is 7.85. The lowest BCUT2D eigenvalue weighted by Gasteiger charge is -2.34. The van der Waals surface area contributed by atoms with Crippen molar-refractivity contribution >= 4 is 34.7 Å². The molecule has 4 aromatic rings. The van der Waals surface area contributed by atoms with Crippen molar-refractivity contribution in [2.24, 2.45) is 0 Å². The molecule has 0 bridgehead atoms. The summed E-state index contributed by atoms with van der Waals surface area (Å²) in [5.74, 6) is -0.696. The largest absolute Gasteiger partial charge is 0.367 e. The van der Waals surface area contributed by atoms with Gasteiger partial charge in [-0.15, -0.1) is 11.8 Å². The Labute approximate surface area is 281 Å². The second kappa shape index (κ2) is 15.7. The first-order valence-corrected chi connectivity index (χ1v) is 16.1. The molecule has 2 saturated heterocycles. The number of anilines is 2. The molecule has 0 spiro atoms. The molecule has 14 heteroatoms. The second-order valence-electron chi connectivity index (χ2n) is 10.9. The van der Waals surface area contributed by atoms with Crippen LogP contribution in [0.1, 0.15) is 11.8 Å². The van der Waals surface area contributed by atoms with Gasteiger partial charge in [0, 0.05) is 56.8 Å². The lowest BCUT2D eigenvalue weighted by Crippen LogP contribution is -2.45. The van der Waals surface area contributed by atoms with E-state index in [1.54, 1.807) is 24.5 Å². The molecule has 0 aliphatic carbocycles. The van der Waals surface area contributed by atoms with E-state index in [0.29, 0.717) is 22.0 Å². The van der Waals surface area contributed by atoms with Crippen LogP contribution in [0, 0.1) is 11.6 Å². The monoisotopic (exact) mass is 679 g/mol. The van der Waals surface area contributed by atoms with Crippen LogP contribution in [0.5, 0.6) is 0 Å². The maximum atomic E-state index is 13.1. The Bertz CT molecular complexity index is 1740. The predicted molar refractivity (Wildman–Crippen MR) is 187 cm³/mol. The third kappa shape index (κ3) is 7.95. The smallest absolute Gasteiger partial charge is 0.292 e. The van der Waals surface area contributed by atoms with Gasteiger partial charge in [-0.1, -0.05) is 19.0 Å². The third-order valence-corrected chi connectivity index (χ3v) is 9.00. The number of thioether (sulfide) groups is 1. The zero-order valence-electron chi connectivity index (χ0n) is 27.4. The van der Waals surface area contributed by atoms with Crippen LogP contribution in [0.2, 0.25) is 5.02 Å². The SMILES string of the molecule is C.CN1CCN(c2cnn(-c3ccc(F)cc3)c(=O)c2Cl)CC1.CSc1c(N2CCN(C)CC2)cnn(-c2ccc(F)cc2)c1=O.[2HH].[2H][2H]. The first-order valence-electron chi connectivity index (χ1n) is 15.5. The van der Waals surface area contributed by atoms with E-state index in [0.717, 1.165) is 58.0 Å².